The van der Waals surface area contributed by atoms with Gasteiger partial charge in [0.1, 0.15) is 0 Å². The highest BCUT2D eigenvalue weighted by atomic mass is 14.2. The van der Waals surface area contributed by atoms with E-state index in [1.54, 1.807) is 0 Å². The Morgan fingerprint density at radius 3 is 2.30 bits per heavy atom. The van der Waals surface area contributed by atoms with Crippen LogP contribution in [0.2, 0.25) is 0 Å². The van der Waals surface area contributed by atoms with E-state index >= 15 is 0 Å². The monoisotopic (exact) mass is 137 g/mol. The summed E-state index contributed by atoms with van der Waals surface area (Å²) in [5, 5.41) is 0. The van der Waals surface area contributed by atoms with Gasteiger partial charge in [-0.1, -0.05) is 25.7 Å². The van der Waals surface area contributed by atoms with Crippen LogP contribution in [0, 0.1) is 17.9 Å². The van der Waals surface area contributed by atoms with Crippen molar-refractivity contribution in [2.45, 2.75) is 39.5 Å². The second-order valence-electron chi connectivity index (χ2n) is 3.48. The smallest absolute Gasteiger partial charge is 0.0442 e. The van der Waals surface area contributed by atoms with E-state index in [0.717, 1.165) is 11.8 Å². The van der Waals surface area contributed by atoms with Crippen molar-refractivity contribution in [1.82, 2.24) is 0 Å². The molecule has 0 aromatic carbocycles. The van der Waals surface area contributed by atoms with Crippen molar-refractivity contribution in [2.75, 3.05) is 0 Å². The molecule has 0 N–H and O–H groups in total. The fraction of sp³-hybridized carbons (Fsp3) is 0.800. The van der Waals surface area contributed by atoms with Gasteiger partial charge in [-0.15, -0.1) is 0 Å². The standard InChI is InChI=1S/C10H17/c1-3-4-10-7-5-9(2)6-8-10/h4,9-10H,5-8H2,1-2H3/q-1. The van der Waals surface area contributed by atoms with Crippen molar-refractivity contribution in [3.8, 4) is 0 Å². The van der Waals surface area contributed by atoms with Crippen LogP contribution in [0.1, 0.15) is 39.5 Å². The summed E-state index contributed by atoms with van der Waals surface area (Å²) in [6.45, 7) is 4.35. The minimum Gasteiger partial charge on any atom is -0.504 e. The molecule has 10 heavy (non-hydrogen) atoms. The molecule has 0 aromatic rings. The molecule has 1 aliphatic carbocycles. The van der Waals surface area contributed by atoms with E-state index in [4.69, 9.17) is 0 Å². The zero-order valence-corrected chi connectivity index (χ0v) is 7.06. The van der Waals surface area contributed by atoms with Gasteiger partial charge >= 0.3 is 0 Å². The first kappa shape index (κ1) is 7.84. The van der Waals surface area contributed by atoms with Gasteiger partial charge in [-0.25, -0.2) is 0 Å². The Morgan fingerprint density at radius 2 is 1.80 bits per heavy atom. The maximum absolute atomic E-state index is 3.13. The zero-order chi connectivity index (χ0) is 7.40. The van der Waals surface area contributed by atoms with Crippen molar-refractivity contribution in [3.05, 3.63) is 12.2 Å². The van der Waals surface area contributed by atoms with Crippen molar-refractivity contribution >= 4 is 0 Å². The number of rotatable bonds is 1. The van der Waals surface area contributed by atoms with Gasteiger partial charge in [0.2, 0.25) is 0 Å². The molecule has 0 heteroatoms. The van der Waals surface area contributed by atoms with Gasteiger partial charge in [0.15, 0.2) is 0 Å². The SMILES string of the molecule is C[C-]=CC1CCC(C)CC1. The third-order valence-corrected chi connectivity index (χ3v) is 2.46. The van der Waals surface area contributed by atoms with E-state index in [1.165, 1.54) is 25.7 Å². The number of hydrogen-bond acceptors (Lipinski definition) is 0. The fourth-order valence-corrected chi connectivity index (χ4v) is 1.69. The average molecular weight is 137 g/mol. The third kappa shape index (κ3) is 2.17. The van der Waals surface area contributed by atoms with E-state index in [1.807, 2.05) is 6.92 Å². The number of hydrogen-bond donors (Lipinski definition) is 0. The highest BCUT2D eigenvalue weighted by molar-refractivity contribution is 4.84. The van der Waals surface area contributed by atoms with Crippen molar-refractivity contribution < 1.29 is 0 Å². The molecular weight excluding hydrogens is 120 g/mol. The van der Waals surface area contributed by atoms with Gasteiger partial charge in [0, 0.05) is 0 Å². The van der Waals surface area contributed by atoms with E-state index in [9.17, 15) is 0 Å². The average Bonchev–Trinajstić information content (AvgIpc) is 1.95. The van der Waals surface area contributed by atoms with E-state index in [-0.39, 0.29) is 0 Å². The van der Waals surface area contributed by atoms with Crippen molar-refractivity contribution in [2.24, 2.45) is 11.8 Å². The Balaban J connectivity index is 2.26. The minimum absolute atomic E-state index is 0.848. The molecule has 1 saturated carbocycles. The summed E-state index contributed by atoms with van der Waals surface area (Å²) < 4.78 is 0. The van der Waals surface area contributed by atoms with Crippen LogP contribution in [0.4, 0.5) is 0 Å². The lowest BCUT2D eigenvalue weighted by atomic mass is 9.83. The van der Waals surface area contributed by atoms with Gasteiger partial charge < -0.3 is 6.08 Å². The second-order valence-corrected chi connectivity index (χ2v) is 3.48. The quantitative estimate of drug-likeness (QED) is 0.487. The lowest BCUT2D eigenvalue weighted by molar-refractivity contribution is 0.330. The Hall–Kier alpha value is -0.260. The minimum atomic E-state index is 0.848. The van der Waals surface area contributed by atoms with Crippen LogP contribution in [-0.4, -0.2) is 0 Å². The topological polar surface area (TPSA) is 0 Å². The molecule has 0 atom stereocenters. The lowest BCUT2D eigenvalue weighted by Gasteiger charge is -2.26. The van der Waals surface area contributed by atoms with Crippen LogP contribution in [0.15, 0.2) is 6.08 Å². The molecule has 0 unspecified atom stereocenters. The lowest BCUT2D eigenvalue weighted by Crippen LogP contribution is -2.09. The molecule has 0 aliphatic heterocycles. The molecule has 0 saturated heterocycles. The molecule has 0 nitrogen and oxygen atoms in total. The molecule has 0 amide bonds. The fourth-order valence-electron chi connectivity index (χ4n) is 1.69. The van der Waals surface area contributed by atoms with Crippen molar-refractivity contribution in [1.29, 1.82) is 0 Å². The van der Waals surface area contributed by atoms with Crippen LogP contribution in [-0.2, 0) is 0 Å². The molecule has 1 rings (SSSR count). The van der Waals surface area contributed by atoms with Gasteiger partial charge in [0.05, 0.1) is 0 Å². The van der Waals surface area contributed by atoms with Gasteiger partial charge in [-0.3, -0.25) is 6.08 Å². The Morgan fingerprint density at radius 1 is 1.20 bits per heavy atom. The summed E-state index contributed by atoms with van der Waals surface area (Å²) in [7, 11) is 0. The van der Waals surface area contributed by atoms with Crippen LogP contribution in [0.25, 0.3) is 0 Å². The number of allylic oxidation sites excluding steroid dienone is 2. The van der Waals surface area contributed by atoms with E-state index in [2.05, 4.69) is 19.1 Å². The molecule has 58 valence electrons. The predicted molar refractivity (Wildman–Crippen MR) is 44.6 cm³/mol. The normalized spacial score (nSPS) is 35.0. The Kier molecular flexibility index (Phi) is 2.98. The molecule has 0 spiro atoms. The van der Waals surface area contributed by atoms with E-state index in [0.29, 0.717) is 0 Å². The third-order valence-electron chi connectivity index (χ3n) is 2.46. The first-order chi connectivity index (χ1) is 4.83. The largest absolute Gasteiger partial charge is 0.504 e. The Labute approximate surface area is 64.3 Å². The highest BCUT2D eigenvalue weighted by Gasteiger charge is 2.13. The zero-order valence-electron chi connectivity index (χ0n) is 7.06. The summed E-state index contributed by atoms with van der Waals surface area (Å²) in [6.07, 6.45) is 11.0. The molecule has 0 radical (unpaired) electrons. The first-order valence-corrected chi connectivity index (χ1v) is 4.33. The summed E-state index contributed by atoms with van der Waals surface area (Å²) in [4.78, 5) is 0. The van der Waals surface area contributed by atoms with Gasteiger partial charge in [-0.05, 0) is 18.8 Å². The maximum atomic E-state index is 3.13. The molecule has 1 fully saturated rings. The van der Waals surface area contributed by atoms with Crippen LogP contribution in [0.5, 0.6) is 0 Å². The highest BCUT2D eigenvalue weighted by Crippen LogP contribution is 2.28. The van der Waals surface area contributed by atoms with E-state index < -0.39 is 0 Å². The summed E-state index contributed by atoms with van der Waals surface area (Å²) in [5.74, 6) is 1.82. The van der Waals surface area contributed by atoms with Crippen LogP contribution < -0.4 is 0 Å². The van der Waals surface area contributed by atoms with Gasteiger partial charge in [-0.2, -0.15) is 6.92 Å². The molecule has 0 heterocycles. The predicted octanol–water partition coefficient (Wildman–Crippen LogP) is 3.19. The Bertz CT molecular complexity index is 105. The molecule has 1 aliphatic rings. The molecular formula is C10H17-. The molecule has 0 aromatic heterocycles. The maximum Gasteiger partial charge on any atom is -0.0442 e. The first-order valence-electron chi connectivity index (χ1n) is 4.33. The van der Waals surface area contributed by atoms with Crippen LogP contribution >= 0.6 is 0 Å². The summed E-state index contributed by atoms with van der Waals surface area (Å²) in [5.41, 5.74) is 0. The van der Waals surface area contributed by atoms with Gasteiger partial charge in [0.25, 0.3) is 0 Å². The molecule has 0 bridgehead atoms. The second kappa shape index (κ2) is 3.80. The van der Waals surface area contributed by atoms with Crippen LogP contribution in [0.3, 0.4) is 0 Å². The summed E-state index contributed by atoms with van der Waals surface area (Å²) in [6, 6.07) is 0. The summed E-state index contributed by atoms with van der Waals surface area (Å²) >= 11 is 0. The van der Waals surface area contributed by atoms with Crippen molar-refractivity contribution in [3.63, 3.8) is 0 Å².